The monoisotopic (exact) mass is 259 g/mol. The van der Waals surface area contributed by atoms with E-state index in [0.717, 1.165) is 11.3 Å². The van der Waals surface area contributed by atoms with E-state index in [0.29, 0.717) is 19.7 Å². The van der Waals surface area contributed by atoms with Gasteiger partial charge < -0.3 is 14.6 Å². The van der Waals surface area contributed by atoms with Gasteiger partial charge in [-0.15, -0.1) is 0 Å². The van der Waals surface area contributed by atoms with Gasteiger partial charge in [-0.3, -0.25) is 9.78 Å². The summed E-state index contributed by atoms with van der Waals surface area (Å²) in [5.41, 5.74) is 1.97. The highest BCUT2D eigenvalue weighted by Gasteiger charge is 1.99. The summed E-state index contributed by atoms with van der Waals surface area (Å²) in [4.78, 5) is 15.7. The summed E-state index contributed by atoms with van der Waals surface area (Å²) in [6, 6.07) is 7.24. The topological polar surface area (TPSA) is 56.1 Å². The molecular weight excluding hydrogens is 242 g/mol. The van der Waals surface area contributed by atoms with Gasteiger partial charge in [0.15, 0.2) is 0 Å². The van der Waals surface area contributed by atoms with Crippen molar-refractivity contribution in [3.8, 4) is 0 Å². The van der Waals surface area contributed by atoms with Crippen molar-refractivity contribution in [2.24, 2.45) is 0 Å². The molecule has 0 spiro atoms. The number of hydrogen-bond donors (Lipinski definition) is 1. The highest BCUT2D eigenvalue weighted by atomic mass is 16.5. The second-order valence-corrected chi connectivity index (χ2v) is 4.16. The molecule has 0 fully saturated rings. The minimum Gasteiger partial charge on any atom is -0.383 e. The fourth-order valence-electron chi connectivity index (χ4n) is 1.71. The van der Waals surface area contributed by atoms with Gasteiger partial charge in [-0.1, -0.05) is 6.07 Å². The van der Waals surface area contributed by atoms with Crippen molar-refractivity contribution in [2.75, 3.05) is 19.0 Å². The van der Waals surface area contributed by atoms with Gasteiger partial charge in [0.25, 0.3) is 5.56 Å². The number of ether oxygens (including phenoxy) is 1. The first-order chi connectivity index (χ1) is 9.29. The van der Waals surface area contributed by atoms with Gasteiger partial charge in [0.2, 0.25) is 0 Å². The maximum absolute atomic E-state index is 11.6. The Kier molecular flexibility index (Phi) is 4.69. The van der Waals surface area contributed by atoms with Crippen LogP contribution in [0.25, 0.3) is 0 Å². The zero-order chi connectivity index (χ0) is 13.5. The van der Waals surface area contributed by atoms with Crippen LogP contribution in [0, 0.1) is 0 Å². The van der Waals surface area contributed by atoms with Crippen LogP contribution < -0.4 is 10.9 Å². The van der Waals surface area contributed by atoms with Gasteiger partial charge >= 0.3 is 0 Å². The summed E-state index contributed by atoms with van der Waals surface area (Å²) >= 11 is 0. The lowest BCUT2D eigenvalue weighted by Gasteiger charge is -2.09. The van der Waals surface area contributed by atoms with Crippen LogP contribution in [0.4, 0.5) is 5.69 Å². The third-order valence-corrected chi connectivity index (χ3v) is 2.74. The van der Waals surface area contributed by atoms with E-state index in [9.17, 15) is 4.79 Å². The van der Waals surface area contributed by atoms with Crippen molar-refractivity contribution in [2.45, 2.75) is 13.1 Å². The van der Waals surface area contributed by atoms with Crippen LogP contribution in [0.2, 0.25) is 0 Å². The largest absolute Gasteiger partial charge is 0.383 e. The third kappa shape index (κ3) is 3.93. The Morgan fingerprint density at radius 3 is 3.00 bits per heavy atom. The average Bonchev–Trinajstić information content (AvgIpc) is 2.46. The smallest absolute Gasteiger partial charge is 0.250 e. The highest BCUT2D eigenvalue weighted by Crippen LogP contribution is 2.06. The Labute approximate surface area is 111 Å². The lowest BCUT2D eigenvalue weighted by atomic mass is 10.3. The van der Waals surface area contributed by atoms with Crippen LogP contribution >= 0.6 is 0 Å². The third-order valence-electron chi connectivity index (χ3n) is 2.74. The molecule has 1 N–H and O–H groups in total. The minimum absolute atomic E-state index is 0.0241. The summed E-state index contributed by atoms with van der Waals surface area (Å²) in [5.74, 6) is 0. The molecule has 2 aromatic rings. The Bertz CT molecular complexity index is 566. The molecule has 19 heavy (non-hydrogen) atoms. The molecule has 0 aliphatic rings. The Morgan fingerprint density at radius 1 is 1.37 bits per heavy atom. The molecular formula is C14H17N3O2. The van der Waals surface area contributed by atoms with Crippen LogP contribution in [-0.2, 0) is 17.8 Å². The van der Waals surface area contributed by atoms with E-state index in [2.05, 4.69) is 10.3 Å². The lowest BCUT2D eigenvalue weighted by molar-refractivity contribution is 0.186. The molecule has 5 nitrogen and oxygen atoms in total. The second kappa shape index (κ2) is 6.70. The fraction of sp³-hybridized carbons (Fsp3) is 0.286. The lowest BCUT2D eigenvalue weighted by Crippen LogP contribution is -2.21. The van der Waals surface area contributed by atoms with Crippen molar-refractivity contribution in [3.63, 3.8) is 0 Å². The van der Waals surface area contributed by atoms with Gasteiger partial charge in [0, 0.05) is 44.9 Å². The van der Waals surface area contributed by atoms with Crippen LogP contribution in [0.5, 0.6) is 0 Å². The molecule has 0 saturated carbocycles. The zero-order valence-electron chi connectivity index (χ0n) is 10.9. The molecule has 0 amide bonds. The quantitative estimate of drug-likeness (QED) is 0.854. The highest BCUT2D eigenvalue weighted by molar-refractivity contribution is 5.40. The van der Waals surface area contributed by atoms with E-state index in [1.807, 2.05) is 18.3 Å². The van der Waals surface area contributed by atoms with Crippen molar-refractivity contribution in [1.82, 2.24) is 9.55 Å². The van der Waals surface area contributed by atoms with Crippen molar-refractivity contribution in [1.29, 1.82) is 0 Å². The summed E-state index contributed by atoms with van der Waals surface area (Å²) in [5, 5.41) is 3.26. The normalized spacial score (nSPS) is 10.4. The van der Waals surface area contributed by atoms with Gasteiger partial charge in [-0.2, -0.15) is 0 Å². The molecule has 0 bridgehead atoms. The molecule has 0 aromatic carbocycles. The summed E-state index contributed by atoms with van der Waals surface area (Å²) in [6.45, 7) is 1.75. The molecule has 0 saturated heterocycles. The summed E-state index contributed by atoms with van der Waals surface area (Å²) in [7, 11) is 1.62. The van der Waals surface area contributed by atoms with Gasteiger partial charge in [0.1, 0.15) is 0 Å². The Balaban J connectivity index is 2.02. The predicted octanol–water partition coefficient (Wildman–Crippen LogP) is 1.50. The van der Waals surface area contributed by atoms with E-state index < -0.39 is 0 Å². The molecule has 5 heteroatoms. The Morgan fingerprint density at radius 2 is 2.26 bits per heavy atom. The molecule has 100 valence electrons. The molecule has 0 aliphatic carbocycles. The first-order valence-electron chi connectivity index (χ1n) is 6.12. The first-order valence-corrected chi connectivity index (χ1v) is 6.12. The number of nitrogens with one attached hydrogen (secondary N) is 1. The van der Waals surface area contributed by atoms with E-state index >= 15 is 0 Å². The van der Waals surface area contributed by atoms with E-state index in [1.54, 1.807) is 36.2 Å². The maximum Gasteiger partial charge on any atom is 0.250 e. The van der Waals surface area contributed by atoms with Crippen molar-refractivity contribution in [3.05, 3.63) is 58.8 Å². The average molecular weight is 259 g/mol. The van der Waals surface area contributed by atoms with E-state index in [4.69, 9.17) is 4.74 Å². The number of hydrogen-bond acceptors (Lipinski definition) is 4. The van der Waals surface area contributed by atoms with Crippen LogP contribution in [0.3, 0.4) is 0 Å². The molecule has 0 radical (unpaired) electrons. The van der Waals surface area contributed by atoms with Gasteiger partial charge in [0.05, 0.1) is 12.3 Å². The van der Waals surface area contributed by atoms with Crippen LogP contribution in [0.1, 0.15) is 5.56 Å². The van der Waals surface area contributed by atoms with E-state index in [1.165, 1.54) is 0 Å². The Hall–Kier alpha value is -2.14. The maximum atomic E-state index is 11.6. The molecule has 2 heterocycles. The number of nitrogens with zero attached hydrogens (tertiary/aromatic N) is 2. The molecule has 0 atom stereocenters. The molecule has 0 aliphatic heterocycles. The van der Waals surface area contributed by atoms with Crippen molar-refractivity contribution >= 4 is 5.69 Å². The van der Waals surface area contributed by atoms with E-state index in [-0.39, 0.29) is 5.56 Å². The SMILES string of the molecule is COCCn1cc(NCc2cccnc2)ccc1=O. The number of aromatic nitrogens is 2. The van der Waals surface area contributed by atoms with Gasteiger partial charge in [-0.25, -0.2) is 0 Å². The van der Waals surface area contributed by atoms with Crippen LogP contribution in [0.15, 0.2) is 47.7 Å². The summed E-state index contributed by atoms with van der Waals surface area (Å²) in [6.07, 6.45) is 5.36. The fourth-order valence-corrected chi connectivity index (χ4v) is 1.71. The first kappa shape index (κ1) is 13.3. The number of methoxy groups -OCH3 is 1. The molecule has 2 rings (SSSR count). The second-order valence-electron chi connectivity index (χ2n) is 4.16. The molecule has 2 aromatic heterocycles. The van der Waals surface area contributed by atoms with Crippen LogP contribution in [-0.4, -0.2) is 23.3 Å². The summed E-state index contributed by atoms with van der Waals surface area (Å²) < 4.78 is 6.62. The number of pyridine rings is 2. The zero-order valence-corrected chi connectivity index (χ0v) is 10.9. The molecule has 0 unspecified atom stereocenters. The van der Waals surface area contributed by atoms with Crippen molar-refractivity contribution < 1.29 is 4.74 Å². The minimum atomic E-state index is -0.0241. The predicted molar refractivity (Wildman–Crippen MR) is 74.1 cm³/mol. The number of anilines is 1. The number of rotatable bonds is 6. The van der Waals surface area contributed by atoms with Gasteiger partial charge in [-0.05, 0) is 17.7 Å². The standard InChI is InChI=1S/C14H17N3O2/c1-19-8-7-17-11-13(4-5-14(17)18)16-10-12-3-2-6-15-9-12/h2-6,9,11,16H,7-8,10H2,1H3.